The second kappa shape index (κ2) is 11.8. The van der Waals surface area contributed by atoms with Gasteiger partial charge < -0.3 is 9.47 Å². The van der Waals surface area contributed by atoms with E-state index in [4.69, 9.17) is 0 Å². The lowest BCUT2D eigenvalue weighted by atomic mass is 9.95. The van der Waals surface area contributed by atoms with Crippen LogP contribution in [0.15, 0.2) is 176 Å². The van der Waals surface area contributed by atoms with Gasteiger partial charge in [0.1, 0.15) is 0 Å². The lowest BCUT2D eigenvalue weighted by Crippen LogP contribution is -2.19. The summed E-state index contributed by atoms with van der Waals surface area (Å²) in [5, 5.41) is 10.3. The van der Waals surface area contributed by atoms with Crippen LogP contribution in [0.3, 0.4) is 0 Å². The first-order valence-electron chi connectivity index (χ1n) is 17.8. The van der Waals surface area contributed by atoms with Gasteiger partial charge in [-0.15, -0.1) is 0 Å². The fraction of sp³-hybridized carbons (Fsp3) is 0.0833. The molecule has 0 N–H and O–H groups in total. The first-order valence-corrected chi connectivity index (χ1v) is 17.8. The standard InChI is InChI=1S/C48H36N2/c1-2-13-33(14-3-1)35-17-12-18-39(31-35)49(47-32-36-16-5-6-19-40(36)42-21-8-9-22-43(42)47)37-26-28-38(29-27-37)50-45-24-11-10-23-44(45)48-41-20-7-4-15-34(41)25-30-46(48)50/h1-2,4-13,15-26,28,30-32H,3,14,27,29H2. The SMILES string of the molecule is C1=CCCC(c2cccc(N(C3=CC=C(n4c5ccccc5c5c6ccccc6ccc54)CC3)c3cc4ccccc4c4ccccc34)c2)=C1. The van der Waals surface area contributed by atoms with Crippen molar-refractivity contribution in [1.82, 2.24) is 4.57 Å². The highest BCUT2D eigenvalue weighted by atomic mass is 15.2. The molecule has 50 heavy (non-hydrogen) atoms. The topological polar surface area (TPSA) is 8.17 Å². The maximum atomic E-state index is 2.53. The fourth-order valence-electron chi connectivity index (χ4n) is 8.40. The molecule has 0 unspecified atom stereocenters. The van der Waals surface area contributed by atoms with E-state index in [1.807, 2.05) is 0 Å². The lowest BCUT2D eigenvalue weighted by molar-refractivity contribution is 0.896. The van der Waals surface area contributed by atoms with Gasteiger partial charge in [0.2, 0.25) is 0 Å². The van der Waals surface area contributed by atoms with Crippen LogP contribution in [0.1, 0.15) is 31.2 Å². The summed E-state index contributed by atoms with van der Waals surface area (Å²) >= 11 is 0. The minimum Gasteiger partial charge on any atom is -0.314 e. The van der Waals surface area contributed by atoms with Gasteiger partial charge in [0.25, 0.3) is 0 Å². The number of benzene rings is 7. The van der Waals surface area contributed by atoms with Crippen LogP contribution in [-0.4, -0.2) is 4.57 Å². The monoisotopic (exact) mass is 640 g/mol. The van der Waals surface area contributed by atoms with Gasteiger partial charge in [-0.2, -0.15) is 0 Å². The van der Waals surface area contributed by atoms with Crippen LogP contribution in [0, 0.1) is 0 Å². The third-order valence-corrected chi connectivity index (χ3v) is 10.7. The summed E-state index contributed by atoms with van der Waals surface area (Å²) in [5.74, 6) is 0. The number of hydrogen-bond acceptors (Lipinski definition) is 1. The van der Waals surface area contributed by atoms with Crippen molar-refractivity contribution >= 4 is 76.8 Å². The zero-order chi connectivity index (χ0) is 33.0. The molecule has 0 fully saturated rings. The van der Waals surface area contributed by atoms with Crippen molar-refractivity contribution in [3.8, 4) is 0 Å². The average molecular weight is 641 g/mol. The van der Waals surface area contributed by atoms with Crippen molar-refractivity contribution in [3.05, 3.63) is 181 Å². The number of fused-ring (bicyclic) bond motifs is 8. The molecule has 2 nitrogen and oxygen atoms in total. The van der Waals surface area contributed by atoms with Gasteiger partial charge in [-0.05, 0) is 106 Å². The minimum absolute atomic E-state index is 0.921. The van der Waals surface area contributed by atoms with Gasteiger partial charge in [0.15, 0.2) is 0 Å². The first kappa shape index (κ1) is 28.9. The highest BCUT2D eigenvalue weighted by Crippen LogP contribution is 2.44. The third kappa shape index (κ3) is 4.64. The summed E-state index contributed by atoms with van der Waals surface area (Å²) in [6.07, 6.45) is 15.5. The molecule has 0 spiro atoms. The Bertz CT molecular complexity index is 2770. The molecule has 0 amide bonds. The summed E-state index contributed by atoms with van der Waals surface area (Å²) in [5.41, 5.74) is 10.3. The first-order chi connectivity index (χ1) is 24.8. The molecule has 0 radical (unpaired) electrons. The van der Waals surface area contributed by atoms with E-state index in [0.717, 1.165) is 25.7 Å². The zero-order valence-electron chi connectivity index (χ0n) is 27.9. The number of para-hydroxylation sites is 1. The quantitative estimate of drug-likeness (QED) is 0.170. The van der Waals surface area contributed by atoms with E-state index < -0.39 is 0 Å². The molecule has 10 rings (SSSR count). The van der Waals surface area contributed by atoms with Gasteiger partial charge in [0, 0.05) is 33.2 Å². The molecule has 2 aliphatic carbocycles. The Kier molecular flexibility index (Phi) is 6.80. The Hall–Kier alpha value is -6.12. The van der Waals surface area contributed by atoms with E-state index in [2.05, 4.69) is 179 Å². The summed E-state index contributed by atoms with van der Waals surface area (Å²) in [6.45, 7) is 0. The number of hydrogen-bond donors (Lipinski definition) is 0. The van der Waals surface area contributed by atoms with E-state index in [-0.39, 0.29) is 0 Å². The Morgan fingerprint density at radius 3 is 2.08 bits per heavy atom. The molecular formula is C48H36N2. The molecule has 2 heteroatoms. The van der Waals surface area contributed by atoms with Crippen molar-refractivity contribution < 1.29 is 0 Å². The number of aromatic nitrogens is 1. The summed E-state index contributed by atoms with van der Waals surface area (Å²) in [7, 11) is 0. The number of rotatable bonds is 5. The number of nitrogens with zero attached hydrogens (tertiary/aromatic N) is 2. The Morgan fingerprint density at radius 1 is 0.500 bits per heavy atom. The Morgan fingerprint density at radius 2 is 1.26 bits per heavy atom. The van der Waals surface area contributed by atoms with Gasteiger partial charge in [-0.1, -0.05) is 127 Å². The molecule has 0 saturated carbocycles. The Labute approximate surface area is 292 Å². The smallest absolute Gasteiger partial charge is 0.0544 e. The van der Waals surface area contributed by atoms with Crippen LogP contribution < -0.4 is 4.90 Å². The van der Waals surface area contributed by atoms with E-state index in [1.165, 1.54) is 88.0 Å². The average Bonchev–Trinajstić information content (AvgIpc) is 3.54. The van der Waals surface area contributed by atoms with Crippen LogP contribution in [0.25, 0.3) is 65.4 Å². The molecule has 1 aromatic heterocycles. The molecule has 7 aromatic carbocycles. The van der Waals surface area contributed by atoms with Crippen molar-refractivity contribution in [3.63, 3.8) is 0 Å². The van der Waals surface area contributed by atoms with E-state index in [9.17, 15) is 0 Å². The summed E-state index contributed by atoms with van der Waals surface area (Å²) in [4.78, 5) is 2.53. The lowest BCUT2D eigenvalue weighted by Gasteiger charge is -2.32. The van der Waals surface area contributed by atoms with Crippen LogP contribution in [0.4, 0.5) is 11.4 Å². The van der Waals surface area contributed by atoms with Crippen molar-refractivity contribution in [1.29, 1.82) is 0 Å². The highest BCUT2D eigenvalue weighted by Gasteiger charge is 2.23. The van der Waals surface area contributed by atoms with Gasteiger partial charge >= 0.3 is 0 Å². The largest absolute Gasteiger partial charge is 0.314 e. The van der Waals surface area contributed by atoms with E-state index >= 15 is 0 Å². The molecule has 0 bridgehead atoms. The van der Waals surface area contributed by atoms with Crippen molar-refractivity contribution in [2.45, 2.75) is 25.7 Å². The number of anilines is 2. The molecule has 0 saturated heterocycles. The zero-order valence-corrected chi connectivity index (χ0v) is 27.9. The molecule has 2 aliphatic rings. The molecule has 0 aliphatic heterocycles. The predicted molar refractivity (Wildman–Crippen MR) is 215 cm³/mol. The molecule has 8 aromatic rings. The summed E-state index contributed by atoms with van der Waals surface area (Å²) in [6, 6.07) is 51.5. The third-order valence-electron chi connectivity index (χ3n) is 10.7. The van der Waals surface area contributed by atoms with Crippen LogP contribution >= 0.6 is 0 Å². The van der Waals surface area contributed by atoms with Crippen molar-refractivity contribution in [2.75, 3.05) is 4.90 Å². The predicted octanol–water partition coefficient (Wildman–Crippen LogP) is 13.3. The fourth-order valence-corrected chi connectivity index (χ4v) is 8.40. The van der Waals surface area contributed by atoms with Gasteiger partial charge in [-0.25, -0.2) is 0 Å². The van der Waals surface area contributed by atoms with Crippen LogP contribution in [0.2, 0.25) is 0 Å². The normalized spacial score (nSPS) is 14.8. The maximum Gasteiger partial charge on any atom is 0.0544 e. The van der Waals surface area contributed by atoms with E-state index in [1.54, 1.807) is 0 Å². The number of allylic oxidation sites excluding steroid dienone is 8. The molecule has 1 heterocycles. The minimum atomic E-state index is 0.921. The second-order valence-corrected chi connectivity index (χ2v) is 13.6. The molecule has 0 atom stereocenters. The van der Waals surface area contributed by atoms with E-state index in [0.29, 0.717) is 0 Å². The van der Waals surface area contributed by atoms with Gasteiger partial charge in [0.05, 0.1) is 16.7 Å². The summed E-state index contributed by atoms with van der Waals surface area (Å²) < 4.78 is 2.50. The maximum absolute atomic E-state index is 2.53. The Balaban J connectivity index is 1.18. The van der Waals surface area contributed by atoms with Gasteiger partial charge in [-0.3, -0.25) is 0 Å². The second-order valence-electron chi connectivity index (χ2n) is 13.6. The van der Waals surface area contributed by atoms with Crippen LogP contribution in [0.5, 0.6) is 0 Å². The highest BCUT2D eigenvalue weighted by molar-refractivity contribution is 6.21. The van der Waals surface area contributed by atoms with Crippen LogP contribution in [-0.2, 0) is 0 Å². The molecule has 238 valence electrons. The molecular weight excluding hydrogens is 605 g/mol. The van der Waals surface area contributed by atoms with Crippen molar-refractivity contribution in [2.24, 2.45) is 0 Å².